The third-order valence-corrected chi connectivity index (χ3v) is 10.4. The van der Waals surface area contributed by atoms with Gasteiger partial charge in [0.15, 0.2) is 0 Å². The lowest BCUT2D eigenvalue weighted by atomic mass is 10.0. The van der Waals surface area contributed by atoms with Crippen LogP contribution in [0.15, 0.2) is 149 Å². The second kappa shape index (κ2) is 15.9. The molecular weight excluding hydrogens is 755 g/mol. The van der Waals surface area contributed by atoms with Crippen LogP contribution < -0.4 is 20.6 Å². The van der Waals surface area contributed by atoms with Gasteiger partial charge in [-0.15, -0.1) is 0 Å². The first-order valence-corrected chi connectivity index (χ1v) is 19.0. The molecule has 60 heavy (non-hydrogen) atoms. The number of aromatic amines is 2. The Kier molecular flexibility index (Phi) is 9.85. The molecule has 0 amide bonds. The first-order valence-electron chi connectivity index (χ1n) is 19.0. The molecule has 292 valence electrons. The lowest BCUT2D eigenvalue weighted by Gasteiger charge is -2.11. The van der Waals surface area contributed by atoms with E-state index in [-0.39, 0.29) is 11.1 Å². The predicted octanol–water partition coefficient (Wildman–Crippen LogP) is 7.59. The van der Waals surface area contributed by atoms with Crippen molar-refractivity contribution >= 4 is 43.9 Å². The average Bonchev–Trinajstić information content (AvgIpc) is 3.93. The Bertz CT molecular complexity index is 3350. The van der Waals surface area contributed by atoms with Gasteiger partial charge in [0.25, 0.3) is 11.1 Å². The van der Waals surface area contributed by atoms with E-state index in [4.69, 9.17) is 14.7 Å². The second-order valence-corrected chi connectivity index (χ2v) is 13.9. The molecule has 0 aliphatic rings. The van der Waals surface area contributed by atoms with Gasteiger partial charge in [0, 0.05) is 47.6 Å². The fourth-order valence-electron chi connectivity index (χ4n) is 7.52. The third-order valence-electron chi connectivity index (χ3n) is 10.4. The molecule has 0 atom stereocenters. The number of fused-ring (bicyclic) bond motifs is 6. The quantitative estimate of drug-likeness (QED) is 0.158. The number of benzene rings is 4. The first-order chi connectivity index (χ1) is 29.5. The Morgan fingerprint density at radius 2 is 1.15 bits per heavy atom. The van der Waals surface area contributed by atoms with Crippen LogP contribution in [0.25, 0.3) is 55.2 Å². The first kappa shape index (κ1) is 37.2. The molecule has 6 aromatic heterocycles. The summed E-state index contributed by atoms with van der Waals surface area (Å²) in [6, 6.07) is 41.6. The Hall–Kier alpha value is -8.37. The molecule has 0 bridgehead atoms. The summed E-state index contributed by atoms with van der Waals surface area (Å²) in [6.45, 7) is 0. The Morgan fingerprint density at radius 1 is 0.617 bits per heavy atom. The van der Waals surface area contributed by atoms with Gasteiger partial charge in [0.05, 0.1) is 59.4 Å². The van der Waals surface area contributed by atoms with Gasteiger partial charge in [0.1, 0.15) is 33.8 Å². The van der Waals surface area contributed by atoms with E-state index in [1.54, 1.807) is 47.9 Å². The average molecular weight is 790 g/mol. The van der Waals surface area contributed by atoms with E-state index in [0.29, 0.717) is 63.0 Å². The zero-order valence-electron chi connectivity index (χ0n) is 32.5. The molecule has 0 saturated carbocycles. The van der Waals surface area contributed by atoms with Crippen molar-refractivity contribution in [3.63, 3.8) is 0 Å². The van der Waals surface area contributed by atoms with Crippen molar-refractivity contribution in [2.24, 2.45) is 0 Å². The number of nitrogens with one attached hydrogen (secondary N) is 2. The molecule has 13 nitrogen and oxygen atoms in total. The molecule has 0 saturated heterocycles. The number of pyridine rings is 4. The van der Waals surface area contributed by atoms with Crippen molar-refractivity contribution in [3.05, 3.63) is 189 Å². The van der Waals surface area contributed by atoms with Gasteiger partial charge >= 0.3 is 0 Å². The van der Waals surface area contributed by atoms with Crippen molar-refractivity contribution in [1.82, 2.24) is 39.5 Å². The summed E-state index contributed by atoms with van der Waals surface area (Å²) in [4.78, 5) is 36.2. The van der Waals surface area contributed by atoms with Gasteiger partial charge in [-0.1, -0.05) is 54.6 Å². The Morgan fingerprint density at radius 3 is 1.65 bits per heavy atom. The SMILES string of the molecule is COc1ccc(Cc2[nH]nc3c2c(=O)n(-c2ccccc2)c2ncccc32)c(OC)c1.N#Cc1ccc(Cc2[nH]nc3c2c(=O)n(-c2ccccc2)c2ncccc32)cc1. The lowest BCUT2D eigenvalue weighted by Crippen LogP contribution is -2.20. The normalized spacial score (nSPS) is 11.1. The molecule has 0 fully saturated rings. The molecule has 10 rings (SSSR count). The summed E-state index contributed by atoms with van der Waals surface area (Å²) in [5.41, 5.74) is 7.56. The smallest absolute Gasteiger partial charge is 0.268 e. The van der Waals surface area contributed by atoms with E-state index in [1.165, 1.54) is 0 Å². The van der Waals surface area contributed by atoms with E-state index in [2.05, 4.69) is 36.4 Å². The molecule has 0 aliphatic carbocycles. The zero-order chi connectivity index (χ0) is 41.2. The fraction of sp³-hybridized carbons (Fsp3) is 0.0851. The number of ether oxygens (including phenoxy) is 2. The number of hydrogen-bond donors (Lipinski definition) is 2. The minimum Gasteiger partial charge on any atom is -0.497 e. The number of H-pyrrole nitrogens is 2. The standard InChI is InChI=1S/C24H20N4O3.C23H15N5O/c1-30-17-11-10-15(20(14-17)31-2)13-19-21-22(27-26-19)18-9-6-12-25-23(18)28(24(21)29)16-7-4-3-5-8-16;24-14-16-10-8-15(9-11-16)13-19-20-21(27-26-19)18-7-4-12-25-22(18)28(23(20)29)17-5-2-1-3-6-17/h3-12,14H,13H2,1-2H3,(H,26,27);1-12H,13H2,(H,26,27). The van der Waals surface area contributed by atoms with Crippen LogP contribution in [0.4, 0.5) is 0 Å². The number of nitrogens with zero attached hydrogens (tertiary/aromatic N) is 7. The van der Waals surface area contributed by atoms with Gasteiger partial charge < -0.3 is 9.47 Å². The van der Waals surface area contributed by atoms with E-state index in [1.807, 2.05) is 115 Å². The molecule has 4 aromatic carbocycles. The van der Waals surface area contributed by atoms with Gasteiger partial charge in [-0.2, -0.15) is 15.5 Å². The lowest BCUT2D eigenvalue weighted by molar-refractivity contribution is 0.391. The molecular formula is C47H35N9O4. The van der Waals surface area contributed by atoms with Crippen LogP contribution >= 0.6 is 0 Å². The van der Waals surface area contributed by atoms with E-state index >= 15 is 0 Å². The van der Waals surface area contributed by atoms with Crippen LogP contribution in [0.1, 0.15) is 28.1 Å². The van der Waals surface area contributed by atoms with E-state index in [9.17, 15) is 9.59 Å². The molecule has 10 aromatic rings. The van der Waals surface area contributed by atoms with Crippen LogP contribution in [-0.4, -0.2) is 53.7 Å². The number of methoxy groups -OCH3 is 2. The molecule has 2 N–H and O–H groups in total. The Balaban J connectivity index is 0.000000154. The highest BCUT2D eigenvalue weighted by Gasteiger charge is 2.21. The van der Waals surface area contributed by atoms with Crippen molar-refractivity contribution in [3.8, 4) is 28.9 Å². The van der Waals surface area contributed by atoms with Crippen molar-refractivity contribution in [2.45, 2.75) is 12.8 Å². The Labute approximate surface area is 341 Å². The minimum atomic E-state index is -0.163. The molecule has 0 spiro atoms. The molecule has 6 heterocycles. The number of aromatic nitrogens is 8. The van der Waals surface area contributed by atoms with Crippen molar-refractivity contribution in [2.75, 3.05) is 14.2 Å². The molecule has 0 aliphatic heterocycles. The van der Waals surface area contributed by atoms with Crippen LogP contribution in [0.2, 0.25) is 0 Å². The van der Waals surface area contributed by atoms with Crippen molar-refractivity contribution < 1.29 is 9.47 Å². The number of rotatable bonds is 8. The molecule has 13 heteroatoms. The number of hydrogen-bond acceptors (Lipinski definition) is 9. The van der Waals surface area contributed by atoms with Crippen LogP contribution in [0, 0.1) is 11.3 Å². The van der Waals surface area contributed by atoms with Gasteiger partial charge in [0.2, 0.25) is 0 Å². The van der Waals surface area contributed by atoms with E-state index < -0.39 is 0 Å². The number of para-hydroxylation sites is 2. The summed E-state index contributed by atoms with van der Waals surface area (Å²) < 4.78 is 14.1. The highest BCUT2D eigenvalue weighted by Crippen LogP contribution is 2.30. The zero-order valence-corrected chi connectivity index (χ0v) is 32.5. The maximum absolute atomic E-state index is 13.7. The van der Waals surface area contributed by atoms with Crippen LogP contribution in [0.5, 0.6) is 11.5 Å². The van der Waals surface area contributed by atoms with Crippen molar-refractivity contribution in [1.29, 1.82) is 5.26 Å². The summed E-state index contributed by atoms with van der Waals surface area (Å²) in [5, 5.41) is 26.8. The monoisotopic (exact) mass is 789 g/mol. The van der Waals surface area contributed by atoms with Crippen LogP contribution in [0.3, 0.4) is 0 Å². The summed E-state index contributed by atoms with van der Waals surface area (Å²) in [5.74, 6) is 1.39. The maximum Gasteiger partial charge on any atom is 0.268 e. The van der Waals surface area contributed by atoms with Gasteiger partial charge in [-0.05, 0) is 72.3 Å². The summed E-state index contributed by atoms with van der Waals surface area (Å²) >= 11 is 0. The van der Waals surface area contributed by atoms with Gasteiger partial charge in [-0.25, -0.2) is 9.97 Å². The van der Waals surface area contributed by atoms with Gasteiger partial charge in [-0.3, -0.25) is 28.9 Å². The second-order valence-electron chi connectivity index (χ2n) is 13.9. The van der Waals surface area contributed by atoms with E-state index in [0.717, 1.165) is 44.7 Å². The maximum atomic E-state index is 13.7. The predicted molar refractivity (Wildman–Crippen MR) is 230 cm³/mol. The topological polar surface area (TPSA) is 169 Å². The highest BCUT2D eigenvalue weighted by atomic mass is 16.5. The highest BCUT2D eigenvalue weighted by molar-refractivity contribution is 6.04. The summed E-state index contributed by atoms with van der Waals surface area (Å²) in [7, 11) is 3.23. The largest absolute Gasteiger partial charge is 0.497 e. The summed E-state index contributed by atoms with van der Waals surface area (Å²) in [6.07, 6.45) is 4.33. The minimum absolute atomic E-state index is 0.158. The molecule has 0 radical (unpaired) electrons. The fourth-order valence-corrected chi connectivity index (χ4v) is 7.52. The molecule has 0 unspecified atom stereocenters. The number of nitriles is 1. The van der Waals surface area contributed by atoms with Crippen LogP contribution in [-0.2, 0) is 12.8 Å². The third kappa shape index (κ3) is 6.67.